The number of fused-ring (bicyclic) bond motifs is 1. The molecule has 2 aromatic rings. The van der Waals surface area contributed by atoms with Gasteiger partial charge in [-0.2, -0.15) is 0 Å². The minimum Gasteiger partial charge on any atom is -0.355 e. The van der Waals surface area contributed by atoms with Crippen molar-refractivity contribution >= 4 is 17.5 Å². The van der Waals surface area contributed by atoms with Gasteiger partial charge in [0.25, 0.3) is 0 Å². The van der Waals surface area contributed by atoms with Gasteiger partial charge < -0.3 is 15.5 Å². The molecule has 2 N–H and O–H groups in total. The average molecular weight is 394 g/mol. The van der Waals surface area contributed by atoms with Gasteiger partial charge in [0.15, 0.2) is 5.82 Å². The van der Waals surface area contributed by atoms with Crippen LogP contribution in [-0.2, 0) is 13.0 Å². The van der Waals surface area contributed by atoms with Gasteiger partial charge in [-0.1, -0.05) is 31.2 Å². The summed E-state index contributed by atoms with van der Waals surface area (Å²) in [5.74, 6) is 0.875. The van der Waals surface area contributed by atoms with Crippen molar-refractivity contribution < 1.29 is 4.79 Å². The zero-order chi connectivity index (χ0) is 20.1. The first-order valence-electron chi connectivity index (χ1n) is 10.8. The van der Waals surface area contributed by atoms with Crippen LogP contribution in [0.2, 0.25) is 0 Å². The van der Waals surface area contributed by atoms with E-state index in [1.165, 1.54) is 24.0 Å². The summed E-state index contributed by atoms with van der Waals surface area (Å²) in [7, 11) is 0. The van der Waals surface area contributed by atoms with Crippen LogP contribution in [0, 0.1) is 0 Å². The number of urea groups is 1. The van der Waals surface area contributed by atoms with Crippen LogP contribution in [0.15, 0.2) is 42.6 Å². The molecule has 3 heterocycles. The van der Waals surface area contributed by atoms with Gasteiger partial charge in [-0.3, -0.25) is 4.90 Å². The van der Waals surface area contributed by atoms with Crippen LogP contribution in [-0.4, -0.2) is 48.1 Å². The van der Waals surface area contributed by atoms with E-state index < -0.39 is 0 Å². The number of amides is 2. The molecule has 0 saturated carbocycles. The molecule has 2 aliphatic heterocycles. The molecule has 0 bridgehead atoms. The summed E-state index contributed by atoms with van der Waals surface area (Å²) in [6.45, 7) is 6.84. The molecule has 1 saturated heterocycles. The fourth-order valence-corrected chi connectivity index (χ4v) is 4.41. The quantitative estimate of drug-likeness (QED) is 0.787. The number of carbonyl (C=O) groups is 1. The highest BCUT2D eigenvalue weighted by molar-refractivity contribution is 5.92. The van der Waals surface area contributed by atoms with Crippen LogP contribution in [0.3, 0.4) is 0 Å². The zero-order valence-corrected chi connectivity index (χ0v) is 17.2. The molecule has 154 valence electrons. The van der Waals surface area contributed by atoms with Gasteiger partial charge >= 0.3 is 6.03 Å². The van der Waals surface area contributed by atoms with Crippen LogP contribution in [0.1, 0.15) is 37.3 Å². The van der Waals surface area contributed by atoms with E-state index in [-0.39, 0.29) is 6.03 Å². The molecule has 6 heteroatoms. The Balaban J connectivity index is 1.33. The summed E-state index contributed by atoms with van der Waals surface area (Å²) in [5.41, 5.74) is 3.65. The molecule has 0 spiro atoms. The van der Waals surface area contributed by atoms with Crippen molar-refractivity contribution in [2.45, 2.75) is 45.2 Å². The predicted molar refractivity (Wildman–Crippen MR) is 117 cm³/mol. The lowest BCUT2D eigenvalue weighted by Crippen LogP contribution is -2.46. The molecule has 1 atom stereocenters. The number of aromatic nitrogens is 1. The first kappa shape index (κ1) is 19.7. The number of benzene rings is 1. The zero-order valence-electron chi connectivity index (χ0n) is 17.2. The number of rotatable bonds is 6. The standard InChI is InChI=1S/C23H31N5O/c1-2-20(28-15-11-18-8-3-4-9-19(18)17-28)16-25-23(29)26-21-10-7-12-24-22(21)27-13-5-6-14-27/h3-4,7-10,12,20H,2,5-6,11,13-17H2,1H3,(H2,25,26,29)/t20-/m0/s1. The average Bonchev–Trinajstić information content (AvgIpc) is 3.29. The van der Waals surface area contributed by atoms with E-state index in [1.54, 1.807) is 6.20 Å². The summed E-state index contributed by atoms with van der Waals surface area (Å²) in [6, 6.07) is 12.7. The maximum atomic E-state index is 12.6. The van der Waals surface area contributed by atoms with Gasteiger partial charge in [0, 0.05) is 45.0 Å². The number of anilines is 2. The molecule has 1 aromatic carbocycles. The van der Waals surface area contributed by atoms with E-state index in [0.29, 0.717) is 12.6 Å². The minimum absolute atomic E-state index is 0.158. The third kappa shape index (κ3) is 4.70. The van der Waals surface area contributed by atoms with Crippen LogP contribution in [0.5, 0.6) is 0 Å². The monoisotopic (exact) mass is 393 g/mol. The Morgan fingerprint density at radius 3 is 2.69 bits per heavy atom. The number of hydrogen-bond donors (Lipinski definition) is 2. The summed E-state index contributed by atoms with van der Waals surface area (Å²) in [6.07, 6.45) is 6.23. The molecule has 4 rings (SSSR count). The lowest BCUT2D eigenvalue weighted by atomic mass is 9.98. The fraction of sp³-hybridized carbons (Fsp3) is 0.478. The molecule has 0 aliphatic carbocycles. The minimum atomic E-state index is -0.158. The smallest absolute Gasteiger partial charge is 0.319 e. The van der Waals surface area contributed by atoms with Gasteiger partial charge in [-0.15, -0.1) is 0 Å². The highest BCUT2D eigenvalue weighted by atomic mass is 16.2. The van der Waals surface area contributed by atoms with Crippen molar-refractivity contribution in [1.29, 1.82) is 0 Å². The van der Waals surface area contributed by atoms with Gasteiger partial charge in [-0.05, 0) is 48.9 Å². The van der Waals surface area contributed by atoms with Crippen molar-refractivity contribution in [3.8, 4) is 0 Å². The molecule has 2 aliphatic rings. The SMILES string of the molecule is CC[C@@H](CNC(=O)Nc1cccnc1N1CCCC1)N1CCc2ccccc2C1. The first-order valence-corrected chi connectivity index (χ1v) is 10.8. The Kier molecular flexibility index (Phi) is 6.30. The van der Waals surface area contributed by atoms with Crippen molar-refractivity contribution in [2.75, 3.05) is 36.4 Å². The number of nitrogens with one attached hydrogen (secondary N) is 2. The highest BCUT2D eigenvalue weighted by Crippen LogP contribution is 2.26. The van der Waals surface area contributed by atoms with E-state index in [1.807, 2.05) is 12.1 Å². The maximum Gasteiger partial charge on any atom is 0.319 e. The number of nitrogens with zero attached hydrogens (tertiary/aromatic N) is 3. The third-order valence-corrected chi connectivity index (χ3v) is 6.09. The van der Waals surface area contributed by atoms with Crippen molar-refractivity contribution in [1.82, 2.24) is 15.2 Å². The molecular formula is C23H31N5O. The van der Waals surface area contributed by atoms with Crippen LogP contribution in [0.25, 0.3) is 0 Å². The molecule has 1 aromatic heterocycles. The van der Waals surface area contributed by atoms with Gasteiger partial charge in [-0.25, -0.2) is 9.78 Å². The number of carbonyl (C=O) groups excluding carboxylic acids is 1. The highest BCUT2D eigenvalue weighted by Gasteiger charge is 2.23. The van der Waals surface area contributed by atoms with E-state index in [4.69, 9.17) is 0 Å². The summed E-state index contributed by atoms with van der Waals surface area (Å²) in [4.78, 5) is 21.8. The second kappa shape index (κ2) is 9.27. The molecule has 29 heavy (non-hydrogen) atoms. The topological polar surface area (TPSA) is 60.5 Å². The summed E-state index contributed by atoms with van der Waals surface area (Å²) < 4.78 is 0. The number of pyridine rings is 1. The van der Waals surface area contributed by atoms with Crippen LogP contribution < -0.4 is 15.5 Å². The van der Waals surface area contributed by atoms with Gasteiger partial charge in [0.2, 0.25) is 0 Å². The second-order valence-electron chi connectivity index (χ2n) is 7.96. The predicted octanol–water partition coefficient (Wildman–Crippen LogP) is 3.64. The maximum absolute atomic E-state index is 12.6. The number of hydrogen-bond acceptors (Lipinski definition) is 4. The Bertz CT molecular complexity index is 834. The largest absolute Gasteiger partial charge is 0.355 e. The fourth-order valence-electron chi connectivity index (χ4n) is 4.41. The first-order chi connectivity index (χ1) is 14.2. The van der Waals surface area contributed by atoms with E-state index >= 15 is 0 Å². The summed E-state index contributed by atoms with van der Waals surface area (Å²) >= 11 is 0. The lowest BCUT2D eigenvalue weighted by molar-refractivity contribution is 0.170. The molecular weight excluding hydrogens is 362 g/mol. The van der Waals surface area contributed by atoms with E-state index in [2.05, 4.69) is 56.6 Å². The van der Waals surface area contributed by atoms with Gasteiger partial charge in [0.1, 0.15) is 0 Å². The lowest BCUT2D eigenvalue weighted by Gasteiger charge is -2.35. The second-order valence-corrected chi connectivity index (χ2v) is 7.96. The van der Waals surface area contributed by atoms with Crippen LogP contribution >= 0.6 is 0 Å². The Labute approximate surface area is 173 Å². The Morgan fingerprint density at radius 1 is 1.10 bits per heavy atom. The third-order valence-electron chi connectivity index (χ3n) is 6.09. The van der Waals surface area contributed by atoms with Gasteiger partial charge in [0.05, 0.1) is 5.69 Å². The van der Waals surface area contributed by atoms with E-state index in [0.717, 1.165) is 50.5 Å². The normalized spacial score (nSPS) is 17.6. The van der Waals surface area contributed by atoms with E-state index in [9.17, 15) is 4.79 Å². The van der Waals surface area contributed by atoms with Crippen molar-refractivity contribution in [3.63, 3.8) is 0 Å². The Hall–Kier alpha value is -2.60. The molecule has 1 fully saturated rings. The summed E-state index contributed by atoms with van der Waals surface area (Å²) in [5, 5.41) is 6.10. The molecule has 2 amide bonds. The van der Waals surface area contributed by atoms with Crippen molar-refractivity contribution in [3.05, 3.63) is 53.7 Å². The van der Waals surface area contributed by atoms with Crippen LogP contribution in [0.4, 0.5) is 16.3 Å². The molecule has 6 nitrogen and oxygen atoms in total. The Morgan fingerprint density at radius 2 is 1.90 bits per heavy atom. The van der Waals surface area contributed by atoms with Crippen molar-refractivity contribution in [2.24, 2.45) is 0 Å². The molecule has 0 unspecified atom stereocenters. The molecule has 0 radical (unpaired) electrons.